The average Bonchev–Trinajstić information content (AvgIpc) is 0.917. The molecule has 6 atom stereocenters. The van der Waals surface area contributed by atoms with Gasteiger partial charge in [0.1, 0.15) is 19.3 Å². The smallest absolute Gasteiger partial charge is 0.462 e. The molecular formula is C86H168O17P2. The van der Waals surface area contributed by atoms with Gasteiger partial charge in [0.05, 0.1) is 26.4 Å². The monoisotopic (exact) mass is 1540 g/mol. The molecule has 0 saturated heterocycles. The third kappa shape index (κ3) is 78.5. The Bertz CT molecular complexity index is 2040. The predicted octanol–water partition coefficient (Wildman–Crippen LogP) is 25.9. The Balaban J connectivity index is 5.14. The average molecular weight is 1540 g/mol. The number of aliphatic hydroxyl groups is 1. The highest BCUT2D eigenvalue weighted by atomic mass is 31.2. The molecule has 4 unspecified atom stereocenters. The van der Waals surface area contributed by atoms with Crippen molar-refractivity contribution in [3.05, 3.63) is 0 Å². The van der Waals surface area contributed by atoms with Gasteiger partial charge < -0.3 is 33.8 Å². The summed E-state index contributed by atoms with van der Waals surface area (Å²) in [6.07, 6.45) is 64.1. The number of carbonyl (C=O) groups is 4. The van der Waals surface area contributed by atoms with Crippen LogP contribution in [-0.2, 0) is 65.4 Å². The number of hydrogen-bond acceptors (Lipinski definition) is 15. The molecule has 0 heterocycles. The van der Waals surface area contributed by atoms with Crippen LogP contribution in [0.25, 0.3) is 0 Å². The third-order valence-electron chi connectivity index (χ3n) is 20.4. The van der Waals surface area contributed by atoms with E-state index in [9.17, 15) is 43.2 Å². The highest BCUT2D eigenvalue weighted by Crippen LogP contribution is 2.45. The van der Waals surface area contributed by atoms with E-state index in [0.29, 0.717) is 31.6 Å². The van der Waals surface area contributed by atoms with Crippen molar-refractivity contribution < 1.29 is 80.2 Å². The molecule has 0 aromatic heterocycles. The summed E-state index contributed by atoms with van der Waals surface area (Å²) in [5.74, 6) is 1.02. The Labute approximate surface area is 645 Å². The van der Waals surface area contributed by atoms with Crippen molar-refractivity contribution >= 4 is 39.5 Å². The highest BCUT2D eigenvalue weighted by molar-refractivity contribution is 7.47. The molecule has 0 aliphatic carbocycles. The van der Waals surface area contributed by atoms with Gasteiger partial charge >= 0.3 is 39.5 Å². The molecule has 17 nitrogen and oxygen atoms in total. The fourth-order valence-electron chi connectivity index (χ4n) is 13.3. The van der Waals surface area contributed by atoms with Crippen LogP contribution in [-0.4, -0.2) is 96.7 Å². The molecule has 0 aromatic carbocycles. The van der Waals surface area contributed by atoms with Crippen molar-refractivity contribution in [1.29, 1.82) is 0 Å². The van der Waals surface area contributed by atoms with Crippen LogP contribution in [0.1, 0.15) is 447 Å². The van der Waals surface area contributed by atoms with E-state index in [1.165, 1.54) is 244 Å². The van der Waals surface area contributed by atoms with Gasteiger partial charge in [0, 0.05) is 25.7 Å². The fraction of sp³-hybridized carbons (Fsp3) is 0.953. The number of hydrogen-bond donors (Lipinski definition) is 3. The Hall–Kier alpha value is -1.94. The summed E-state index contributed by atoms with van der Waals surface area (Å²) in [5, 5.41) is 10.7. The summed E-state index contributed by atoms with van der Waals surface area (Å²) in [5.41, 5.74) is 0. The summed E-state index contributed by atoms with van der Waals surface area (Å²) in [6.45, 7) is 14.3. The Morgan fingerprint density at radius 1 is 0.267 bits per heavy atom. The number of phosphoric ester groups is 2. The van der Waals surface area contributed by atoms with Crippen LogP contribution in [0.3, 0.4) is 0 Å². The SMILES string of the molecule is CCC(C)CCCCCCCCCCCCCCCCCCCCC(=O)OC[C@H](COP(=O)(O)OCC(O)COP(=O)(O)OC[C@@H](COC(=O)CCCCCCCCCC(C)C)OC(=O)CCCCCCCCCCCCCCCCCCCCC(C)C)OC(=O)CCCCCCCCCCCC(C)C. The van der Waals surface area contributed by atoms with Crippen molar-refractivity contribution in [1.82, 2.24) is 0 Å². The van der Waals surface area contributed by atoms with E-state index in [-0.39, 0.29) is 25.7 Å². The van der Waals surface area contributed by atoms with E-state index in [4.69, 9.17) is 37.0 Å². The quantitative estimate of drug-likeness (QED) is 0.0222. The molecule has 0 rings (SSSR count). The largest absolute Gasteiger partial charge is 0.472 e. The first-order valence-corrected chi connectivity index (χ1v) is 47.2. The minimum atomic E-state index is -4.96. The van der Waals surface area contributed by atoms with E-state index in [0.717, 1.165) is 114 Å². The summed E-state index contributed by atoms with van der Waals surface area (Å²) in [7, 11) is -9.93. The summed E-state index contributed by atoms with van der Waals surface area (Å²) in [6, 6.07) is 0. The number of phosphoric acid groups is 2. The number of unbranched alkanes of at least 4 members (excludes halogenated alkanes) is 48. The number of carbonyl (C=O) groups excluding carboxylic acids is 4. The molecule has 105 heavy (non-hydrogen) atoms. The first-order chi connectivity index (χ1) is 50.6. The maximum Gasteiger partial charge on any atom is 0.472 e. The maximum atomic E-state index is 13.1. The van der Waals surface area contributed by atoms with Crippen LogP contribution in [0.15, 0.2) is 0 Å². The van der Waals surface area contributed by atoms with Gasteiger partial charge in [0.25, 0.3) is 0 Å². The van der Waals surface area contributed by atoms with Gasteiger partial charge in [-0.25, -0.2) is 9.13 Å². The zero-order valence-corrected chi connectivity index (χ0v) is 71.2. The highest BCUT2D eigenvalue weighted by Gasteiger charge is 2.31. The molecule has 19 heteroatoms. The van der Waals surface area contributed by atoms with Gasteiger partial charge in [-0.2, -0.15) is 0 Å². The van der Waals surface area contributed by atoms with Crippen LogP contribution < -0.4 is 0 Å². The zero-order chi connectivity index (χ0) is 77.4. The van der Waals surface area contributed by atoms with Gasteiger partial charge in [0.2, 0.25) is 0 Å². The molecule has 0 amide bonds. The fourth-order valence-corrected chi connectivity index (χ4v) is 14.9. The van der Waals surface area contributed by atoms with Crippen LogP contribution in [0.2, 0.25) is 0 Å². The minimum Gasteiger partial charge on any atom is -0.462 e. The summed E-state index contributed by atoms with van der Waals surface area (Å²) in [4.78, 5) is 73.1. The van der Waals surface area contributed by atoms with Gasteiger partial charge in [-0.1, -0.05) is 396 Å². The number of aliphatic hydroxyl groups excluding tert-OH is 1. The van der Waals surface area contributed by atoms with Crippen LogP contribution in [0.5, 0.6) is 0 Å². The molecule has 624 valence electrons. The molecule has 0 aliphatic rings. The molecule has 3 N–H and O–H groups in total. The van der Waals surface area contributed by atoms with E-state index >= 15 is 0 Å². The van der Waals surface area contributed by atoms with Gasteiger partial charge in [-0.15, -0.1) is 0 Å². The topological polar surface area (TPSA) is 237 Å². The van der Waals surface area contributed by atoms with Crippen molar-refractivity contribution in [2.24, 2.45) is 23.7 Å². The van der Waals surface area contributed by atoms with E-state index in [1.54, 1.807) is 0 Å². The zero-order valence-electron chi connectivity index (χ0n) is 69.4. The molecule has 0 radical (unpaired) electrons. The summed E-state index contributed by atoms with van der Waals surface area (Å²) >= 11 is 0. The van der Waals surface area contributed by atoms with Gasteiger partial charge in [-0.3, -0.25) is 37.3 Å². The number of esters is 4. The lowest BCUT2D eigenvalue weighted by molar-refractivity contribution is -0.161. The molecule has 0 aromatic rings. The first-order valence-electron chi connectivity index (χ1n) is 44.2. The standard InChI is InChI=1S/C86H168O17P2/c1-9-79(8)65-57-49-41-33-27-23-19-15-11-13-16-20-24-28-34-42-50-58-66-83(88)96-72-81(103-86(91)69-61-53-44-36-30-32-39-47-55-63-77(4)5)74-100-104(92,93)98-70-80(87)71-99-105(94,95)101-75-82(73-97-84(89)67-59-51-45-37-40-48-56-64-78(6)7)102-85(90)68-60-52-43-35-29-25-21-17-12-10-14-18-22-26-31-38-46-54-62-76(2)3/h76-82,87H,9-75H2,1-8H3,(H,92,93)(H,94,95)/t79?,80?,81-,82-/m1/s1. The lowest BCUT2D eigenvalue weighted by Crippen LogP contribution is -2.30. The first kappa shape index (κ1) is 103. The Morgan fingerprint density at radius 2 is 0.457 bits per heavy atom. The maximum absolute atomic E-state index is 13.1. The van der Waals surface area contributed by atoms with Crippen molar-refractivity contribution in [2.75, 3.05) is 39.6 Å². The Kier molecular flexibility index (Phi) is 73.4. The van der Waals surface area contributed by atoms with Gasteiger partial charge in [-0.05, 0) is 49.4 Å². The molecule has 0 fully saturated rings. The molecule has 0 bridgehead atoms. The molecular weight excluding hydrogens is 1370 g/mol. The van der Waals surface area contributed by atoms with Crippen molar-refractivity contribution in [2.45, 2.75) is 465 Å². The van der Waals surface area contributed by atoms with Crippen molar-refractivity contribution in [3.63, 3.8) is 0 Å². The van der Waals surface area contributed by atoms with Crippen molar-refractivity contribution in [3.8, 4) is 0 Å². The predicted molar refractivity (Wildman–Crippen MR) is 432 cm³/mol. The summed E-state index contributed by atoms with van der Waals surface area (Å²) < 4.78 is 68.8. The van der Waals surface area contributed by atoms with Crippen LogP contribution >= 0.6 is 15.6 Å². The van der Waals surface area contributed by atoms with Crippen LogP contribution in [0.4, 0.5) is 0 Å². The normalized spacial score (nSPS) is 14.2. The molecule has 0 aliphatic heterocycles. The third-order valence-corrected chi connectivity index (χ3v) is 22.3. The molecule has 0 spiro atoms. The Morgan fingerprint density at radius 3 is 0.676 bits per heavy atom. The lowest BCUT2D eigenvalue weighted by Gasteiger charge is -2.21. The van der Waals surface area contributed by atoms with E-state index < -0.39 is 97.5 Å². The van der Waals surface area contributed by atoms with E-state index in [1.807, 2.05) is 0 Å². The molecule has 0 saturated carbocycles. The van der Waals surface area contributed by atoms with Gasteiger partial charge in [0.15, 0.2) is 12.2 Å². The second-order valence-electron chi connectivity index (χ2n) is 32.6. The minimum absolute atomic E-state index is 0.106. The number of rotatable bonds is 83. The number of ether oxygens (including phenoxy) is 4. The van der Waals surface area contributed by atoms with E-state index in [2.05, 4.69) is 55.4 Å². The van der Waals surface area contributed by atoms with Crippen LogP contribution in [0, 0.1) is 23.7 Å². The second-order valence-corrected chi connectivity index (χ2v) is 35.5. The second kappa shape index (κ2) is 74.8. The lowest BCUT2D eigenvalue weighted by atomic mass is 9.99.